The summed E-state index contributed by atoms with van der Waals surface area (Å²) in [4.78, 5) is 0. The lowest BCUT2D eigenvalue weighted by Crippen LogP contribution is -2.10. The molecular formula is C16H18O3. The lowest BCUT2D eigenvalue weighted by Gasteiger charge is -2.19. The molecule has 2 aromatic carbocycles. The number of rotatable bonds is 4. The number of ether oxygens (including phenoxy) is 1. The molecule has 0 aliphatic rings. The molecule has 0 heterocycles. The predicted octanol–water partition coefficient (Wildman–Crippen LogP) is 2.77. The van der Waals surface area contributed by atoms with Gasteiger partial charge in [0.1, 0.15) is 18.0 Å². The van der Waals surface area contributed by atoms with Crippen molar-refractivity contribution < 1.29 is 14.9 Å². The fourth-order valence-electron chi connectivity index (χ4n) is 1.93. The van der Waals surface area contributed by atoms with E-state index in [4.69, 9.17) is 4.74 Å². The molecule has 19 heavy (non-hydrogen) atoms. The molecule has 0 aliphatic heterocycles. The second-order valence-corrected chi connectivity index (χ2v) is 4.57. The summed E-state index contributed by atoms with van der Waals surface area (Å²) in [5.74, 6) is 0.723. The highest BCUT2D eigenvalue weighted by Gasteiger charge is 2.19. The van der Waals surface area contributed by atoms with Gasteiger partial charge in [-0.05, 0) is 30.2 Å². The normalized spacial score (nSPS) is 13.9. The highest BCUT2D eigenvalue weighted by Crippen LogP contribution is 2.29. The fourth-order valence-corrected chi connectivity index (χ4v) is 1.93. The molecule has 2 aromatic rings. The van der Waals surface area contributed by atoms with Crippen molar-refractivity contribution in [2.24, 2.45) is 0 Å². The van der Waals surface area contributed by atoms with Crippen molar-refractivity contribution in [2.45, 2.75) is 19.1 Å². The minimum atomic E-state index is -0.950. The molecular weight excluding hydrogens is 240 g/mol. The van der Waals surface area contributed by atoms with Gasteiger partial charge >= 0.3 is 0 Å². The van der Waals surface area contributed by atoms with Gasteiger partial charge in [0.05, 0.1) is 7.11 Å². The maximum atomic E-state index is 10.2. The zero-order valence-corrected chi connectivity index (χ0v) is 11.1. The van der Waals surface area contributed by atoms with Crippen molar-refractivity contribution in [3.63, 3.8) is 0 Å². The van der Waals surface area contributed by atoms with Gasteiger partial charge < -0.3 is 14.9 Å². The predicted molar refractivity (Wildman–Crippen MR) is 74.1 cm³/mol. The largest absolute Gasteiger partial charge is 0.497 e. The summed E-state index contributed by atoms with van der Waals surface area (Å²) in [7, 11) is 1.59. The van der Waals surface area contributed by atoms with Crippen LogP contribution in [0.2, 0.25) is 0 Å². The molecule has 0 bridgehead atoms. The van der Waals surface area contributed by atoms with Crippen molar-refractivity contribution >= 4 is 0 Å². The van der Waals surface area contributed by atoms with Crippen molar-refractivity contribution in [3.05, 3.63) is 65.2 Å². The molecule has 0 aliphatic carbocycles. The summed E-state index contributed by atoms with van der Waals surface area (Å²) in [5.41, 5.74) is 2.48. The van der Waals surface area contributed by atoms with Crippen LogP contribution in [0.3, 0.4) is 0 Å². The Hall–Kier alpha value is -1.84. The van der Waals surface area contributed by atoms with Crippen LogP contribution in [-0.4, -0.2) is 17.3 Å². The number of aliphatic hydroxyl groups is 2. The molecule has 100 valence electrons. The quantitative estimate of drug-likeness (QED) is 0.886. The summed E-state index contributed by atoms with van der Waals surface area (Å²) >= 11 is 0. The lowest BCUT2D eigenvalue weighted by atomic mass is 9.98. The number of hydrogen-bond acceptors (Lipinski definition) is 3. The lowest BCUT2D eigenvalue weighted by molar-refractivity contribution is 0.0172. The zero-order valence-electron chi connectivity index (χ0n) is 11.1. The molecule has 0 fully saturated rings. The first-order valence-corrected chi connectivity index (χ1v) is 6.18. The highest BCUT2D eigenvalue weighted by atomic mass is 16.5. The van der Waals surface area contributed by atoms with Gasteiger partial charge in [-0.3, -0.25) is 0 Å². The molecule has 2 N–H and O–H groups in total. The number of hydrogen-bond donors (Lipinski definition) is 2. The summed E-state index contributed by atoms with van der Waals surface area (Å²) in [6, 6.07) is 14.5. The Kier molecular flexibility index (Phi) is 4.20. The van der Waals surface area contributed by atoms with Gasteiger partial charge in [-0.15, -0.1) is 0 Å². The second-order valence-electron chi connectivity index (χ2n) is 4.57. The average Bonchev–Trinajstić information content (AvgIpc) is 2.46. The van der Waals surface area contributed by atoms with Crippen molar-refractivity contribution in [1.82, 2.24) is 0 Å². The van der Waals surface area contributed by atoms with Crippen LogP contribution in [0.15, 0.2) is 48.5 Å². The number of aryl methyl sites for hydroxylation is 1. The van der Waals surface area contributed by atoms with Gasteiger partial charge in [0.25, 0.3) is 0 Å². The molecule has 0 radical (unpaired) electrons. The molecule has 0 saturated heterocycles. The van der Waals surface area contributed by atoms with Crippen LogP contribution in [0.25, 0.3) is 0 Å². The molecule has 2 rings (SSSR count). The Morgan fingerprint density at radius 3 is 1.63 bits per heavy atom. The molecule has 3 nitrogen and oxygen atoms in total. The van der Waals surface area contributed by atoms with E-state index in [1.54, 1.807) is 31.4 Å². The molecule has 0 amide bonds. The van der Waals surface area contributed by atoms with Gasteiger partial charge in [-0.25, -0.2) is 0 Å². The zero-order chi connectivity index (χ0) is 13.8. The molecule has 2 atom stereocenters. The Labute approximate surface area is 113 Å². The van der Waals surface area contributed by atoms with Crippen molar-refractivity contribution in [2.75, 3.05) is 7.11 Å². The summed E-state index contributed by atoms with van der Waals surface area (Å²) in [6.07, 6.45) is -1.89. The Morgan fingerprint density at radius 1 is 0.789 bits per heavy atom. The summed E-state index contributed by atoms with van der Waals surface area (Å²) < 4.78 is 5.06. The number of benzene rings is 2. The van der Waals surface area contributed by atoms with Gasteiger partial charge in [0.15, 0.2) is 0 Å². The Bertz CT molecular complexity index is 517. The maximum absolute atomic E-state index is 10.2. The Morgan fingerprint density at radius 2 is 1.21 bits per heavy atom. The van der Waals surface area contributed by atoms with E-state index in [-0.39, 0.29) is 0 Å². The first kappa shape index (κ1) is 13.6. The van der Waals surface area contributed by atoms with Gasteiger partial charge in [-0.2, -0.15) is 0 Å². The molecule has 2 unspecified atom stereocenters. The maximum Gasteiger partial charge on any atom is 0.118 e. The van der Waals surface area contributed by atoms with E-state index >= 15 is 0 Å². The highest BCUT2D eigenvalue weighted by molar-refractivity contribution is 5.31. The number of methoxy groups -OCH3 is 1. The molecule has 3 heteroatoms. The monoisotopic (exact) mass is 258 g/mol. The van der Waals surface area contributed by atoms with Crippen LogP contribution in [0.5, 0.6) is 5.75 Å². The van der Waals surface area contributed by atoms with E-state index in [1.807, 2.05) is 31.2 Å². The summed E-state index contributed by atoms with van der Waals surface area (Å²) in [6.45, 7) is 1.98. The number of aliphatic hydroxyl groups excluding tert-OH is 2. The van der Waals surface area contributed by atoms with Gasteiger partial charge in [0.2, 0.25) is 0 Å². The van der Waals surface area contributed by atoms with Crippen LogP contribution in [0, 0.1) is 6.92 Å². The van der Waals surface area contributed by atoms with E-state index in [2.05, 4.69) is 0 Å². The van der Waals surface area contributed by atoms with E-state index in [9.17, 15) is 10.2 Å². The SMILES string of the molecule is COc1ccc(C(O)C(O)c2ccc(C)cc2)cc1. The standard InChI is InChI=1S/C16H18O3/c1-11-3-5-12(6-4-11)15(17)16(18)13-7-9-14(19-2)10-8-13/h3-10,15-18H,1-2H3. The summed E-state index contributed by atoms with van der Waals surface area (Å²) in [5, 5.41) is 20.4. The van der Waals surface area contributed by atoms with Crippen LogP contribution in [-0.2, 0) is 0 Å². The molecule has 0 saturated carbocycles. The van der Waals surface area contributed by atoms with Gasteiger partial charge in [0, 0.05) is 0 Å². The van der Waals surface area contributed by atoms with Crippen molar-refractivity contribution in [1.29, 1.82) is 0 Å². The topological polar surface area (TPSA) is 49.7 Å². The second kappa shape index (κ2) is 5.87. The van der Waals surface area contributed by atoms with E-state index < -0.39 is 12.2 Å². The fraction of sp³-hybridized carbons (Fsp3) is 0.250. The first-order chi connectivity index (χ1) is 9.11. The van der Waals surface area contributed by atoms with E-state index in [0.717, 1.165) is 11.3 Å². The third-order valence-corrected chi connectivity index (χ3v) is 3.18. The van der Waals surface area contributed by atoms with Gasteiger partial charge in [-0.1, -0.05) is 42.0 Å². The third kappa shape index (κ3) is 3.13. The van der Waals surface area contributed by atoms with Crippen LogP contribution >= 0.6 is 0 Å². The van der Waals surface area contributed by atoms with Crippen LogP contribution in [0.1, 0.15) is 28.9 Å². The van der Waals surface area contributed by atoms with Crippen molar-refractivity contribution in [3.8, 4) is 5.75 Å². The van der Waals surface area contributed by atoms with Crippen LogP contribution in [0.4, 0.5) is 0 Å². The van der Waals surface area contributed by atoms with E-state index in [1.165, 1.54) is 0 Å². The minimum Gasteiger partial charge on any atom is -0.497 e. The molecule has 0 spiro atoms. The van der Waals surface area contributed by atoms with E-state index in [0.29, 0.717) is 11.1 Å². The Balaban J connectivity index is 2.17. The first-order valence-electron chi connectivity index (χ1n) is 6.18. The minimum absolute atomic E-state index is 0.661. The average molecular weight is 258 g/mol. The molecule has 0 aromatic heterocycles. The third-order valence-electron chi connectivity index (χ3n) is 3.18. The smallest absolute Gasteiger partial charge is 0.118 e. The van der Waals surface area contributed by atoms with Crippen LogP contribution < -0.4 is 4.74 Å².